The number of anilines is 2. The van der Waals surface area contributed by atoms with E-state index in [1.54, 1.807) is 11.8 Å². The van der Waals surface area contributed by atoms with Crippen molar-refractivity contribution in [3.63, 3.8) is 0 Å². The van der Waals surface area contributed by atoms with Gasteiger partial charge < -0.3 is 10.0 Å². The minimum absolute atomic E-state index is 0.0412. The third kappa shape index (κ3) is 5.51. The van der Waals surface area contributed by atoms with Crippen molar-refractivity contribution in [2.45, 2.75) is 9.79 Å². The van der Waals surface area contributed by atoms with Crippen LogP contribution in [0.25, 0.3) is 11.3 Å². The molecule has 0 saturated heterocycles. The van der Waals surface area contributed by atoms with Crippen molar-refractivity contribution in [3.05, 3.63) is 132 Å². The van der Waals surface area contributed by atoms with Gasteiger partial charge in [0.2, 0.25) is 0 Å². The summed E-state index contributed by atoms with van der Waals surface area (Å²) in [5.74, 6) is 0.0412. The van der Waals surface area contributed by atoms with Gasteiger partial charge in [-0.1, -0.05) is 66.9 Å². The van der Waals surface area contributed by atoms with E-state index in [0.717, 1.165) is 42.9 Å². The van der Waals surface area contributed by atoms with Crippen LogP contribution < -0.4 is 4.90 Å². The summed E-state index contributed by atoms with van der Waals surface area (Å²) < 4.78 is 0. The average Bonchev–Trinajstić information content (AvgIpc) is 2.84. The molecule has 4 aromatic carbocycles. The molecule has 0 aliphatic rings. The molecule has 0 aliphatic heterocycles. The van der Waals surface area contributed by atoms with Gasteiger partial charge in [0.25, 0.3) is 0 Å². The lowest BCUT2D eigenvalue weighted by Crippen LogP contribution is -2.09. The van der Waals surface area contributed by atoms with Crippen molar-refractivity contribution < 1.29 is 5.11 Å². The molecule has 0 saturated carbocycles. The van der Waals surface area contributed by atoms with E-state index >= 15 is 0 Å². The minimum atomic E-state index is 0.0412. The Morgan fingerprint density at radius 2 is 1.30 bits per heavy atom. The molecular formula is C29H24ClNOS. The van der Waals surface area contributed by atoms with Crippen LogP contribution in [0.1, 0.15) is 16.7 Å². The van der Waals surface area contributed by atoms with Gasteiger partial charge in [-0.05, 0) is 83.4 Å². The summed E-state index contributed by atoms with van der Waals surface area (Å²) >= 11 is 7.65. The predicted octanol–water partition coefficient (Wildman–Crippen LogP) is 8.85. The number of aliphatic hydroxyl groups is 1. The molecule has 0 amide bonds. The van der Waals surface area contributed by atoms with Crippen LogP contribution in [0, 0.1) is 0 Å². The second kappa shape index (κ2) is 10.0. The molecule has 4 heteroatoms. The third-order valence-electron chi connectivity index (χ3n) is 5.38. The van der Waals surface area contributed by atoms with Crippen LogP contribution >= 0.6 is 23.4 Å². The third-order valence-corrected chi connectivity index (χ3v) is 6.62. The van der Waals surface area contributed by atoms with Crippen molar-refractivity contribution in [3.8, 4) is 0 Å². The zero-order valence-corrected chi connectivity index (χ0v) is 19.9. The highest BCUT2D eigenvalue weighted by Crippen LogP contribution is 2.34. The fourth-order valence-electron chi connectivity index (χ4n) is 3.49. The maximum atomic E-state index is 10.1. The minimum Gasteiger partial charge on any atom is -0.508 e. The van der Waals surface area contributed by atoms with Gasteiger partial charge in [0.15, 0.2) is 0 Å². The van der Waals surface area contributed by atoms with Gasteiger partial charge in [-0.2, -0.15) is 0 Å². The first kappa shape index (κ1) is 22.8. The molecule has 0 radical (unpaired) electrons. The number of nitrogens with zero attached hydrogens (tertiary/aromatic N) is 1. The molecule has 4 rings (SSSR count). The molecule has 0 aliphatic carbocycles. The summed E-state index contributed by atoms with van der Waals surface area (Å²) in [7, 11) is 2.02. The molecule has 0 heterocycles. The van der Waals surface area contributed by atoms with Gasteiger partial charge in [-0.25, -0.2) is 0 Å². The SMILES string of the molecule is C=C(O)c1cc(Sc2ccccc2)cc(C(=C)c2ccc(N(C)c3ccc(Cl)cc3)cc2)c1. The van der Waals surface area contributed by atoms with E-state index in [0.29, 0.717) is 5.56 Å². The van der Waals surface area contributed by atoms with Gasteiger partial charge in [0, 0.05) is 38.8 Å². The first-order valence-electron chi connectivity index (χ1n) is 10.5. The van der Waals surface area contributed by atoms with Crippen LogP contribution in [0.4, 0.5) is 11.4 Å². The summed E-state index contributed by atoms with van der Waals surface area (Å²) in [6.07, 6.45) is 0. The van der Waals surface area contributed by atoms with Gasteiger partial charge >= 0.3 is 0 Å². The molecule has 164 valence electrons. The highest BCUT2D eigenvalue weighted by atomic mass is 35.5. The monoisotopic (exact) mass is 469 g/mol. The van der Waals surface area contributed by atoms with E-state index in [2.05, 4.69) is 60.5 Å². The van der Waals surface area contributed by atoms with Crippen LogP contribution in [0.15, 0.2) is 120 Å². The Morgan fingerprint density at radius 3 is 1.91 bits per heavy atom. The molecule has 4 aromatic rings. The van der Waals surface area contributed by atoms with Crippen molar-refractivity contribution in [2.24, 2.45) is 0 Å². The number of hydrogen-bond acceptors (Lipinski definition) is 3. The number of rotatable bonds is 7. The maximum absolute atomic E-state index is 10.1. The molecular weight excluding hydrogens is 446 g/mol. The fourth-order valence-corrected chi connectivity index (χ4v) is 4.55. The standard InChI is InChI=1S/C29H24ClNOS/c1-20(22-9-13-26(14-10-22)31(3)27-15-11-25(30)12-16-27)23-17-24(21(2)32)19-29(18-23)33-28-7-5-4-6-8-28/h4-19,32H,1-2H2,3H3. The van der Waals surface area contributed by atoms with Crippen LogP contribution in [0.5, 0.6) is 0 Å². The summed E-state index contributed by atoms with van der Waals surface area (Å²) in [6.45, 7) is 8.05. The van der Waals surface area contributed by atoms with Crippen LogP contribution in [-0.2, 0) is 0 Å². The summed E-state index contributed by atoms with van der Waals surface area (Å²) in [5, 5.41) is 10.8. The van der Waals surface area contributed by atoms with Crippen LogP contribution in [-0.4, -0.2) is 12.2 Å². The average molecular weight is 470 g/mol. The first-order valence-corrected chi connectivity index (χ1v) is 11.7. The molecule has 0 atom stereocenters. The highest BCUT2D eigenvalue weighted by Gasteiger charge is 2.10. The molecule has 1 N–H and O–H groups in total. The molecule has 33 heavy (non-hydrogen) atoms. The quantitative estimate of drug-likeness (QED) is 0.273. The lowest BCUT2D eigenvalue weighted by atomic mass is 9.97. The normalized spacial score (nSPS) is 10.6. The smallest absolute Gasteiger partial charge is 0.115 e. The molecule has 0 unspecified atom stereocenters. The number of aliphatic hydroxyl groups excluding tert-OH is 1. The van der Waals surface area contributed by atoms with Crippen molar-refractivity contribution in [2.75, 3.05) is 11.9 Å². The van der Waals surface area contributed by atoms with Crippen LogP contribution in [0.2, 0.25) is 5.02 Å². The maximum Gasteiger partial charge on any atom is 0.115 e. The van der Waals surface area contributed by atoms with Crippen molar-refractivity contribution in [1.29, 1.82) is 0 Å². The Kier molecular flexibility index (Phi) is 6.93. The molecule has 0 fully saturated rings. The summed E-state index contributed by atoms with van der Waals surface area (Å²) in [4.78, 5) is 4.25. The largest absolute Gasteiger partial charge is 0.508 e. The first-order chi connectivity index (χ1) is 15.9. The van der Waals surface area contributed by atoms with Crippen molar-refractivity contribution >= 4 is 46.1 Å². The Balaban J connectivity index is 1.60. The van der Waals surface area contributed by atoms with E-state index in [9.17, 15) is 5.11 Å². The topological polar surface area (TPSA) is 23.5 Å². The number of hydrogen-bond donors (Lipinski definition) is 1. The van der Waals surface area contributed by atoms with Gasteiger partial charge in [0.1, 0.15) is 5.76 Å². The van der Waals surface area contributed by atoms with Crippen LogP contribution in [0.3, 0.4) is 0 Å². The number of benzene rings is 4. The zero-order valence-electron chi connectivity index (χ0n) is 18.3. The molecule has 0 aromatic heterocycles. The van der Waals surface area contributed by atoms with E-state index in [1.807, 2.05) is 61.6 Å². The fraction of sp³-hybridized carbons (Fsp3) is 0.0345. The van der Waals surface area contributed by atoms with E-state index < -0.39 is 0 Å². The summed E-state index contributed by atoms with van der Waals surface area (Å²) in [5.41, 5.74) is 5.65. The zero-order chi connectivity index (χ0) is 23.4. The second-order valence-electron chi connectivity index (χ2n) is 7.67. The Hall–Kier alpha value is -3.40. The van der Waals surface area contributed by atoms with E-state index in [1.165, 1.54) is 0 Å². The van der Waals surface area contributed by atoms with Gasteiger partial charge in [0.05, 0.1) is 0 Å². The molecule has 0 spiro atoms. The Bertz CT molecular complexity index is 1280. The van der Waals surface area contributed by atoms with E-state index in [-0.39, 0.29) is 5.76 Å². The second-order valence-corrected chi connectivity index (χ2v) is 9.25. The lowest BCUT2D eigenvalue weighted by molar-refractivity contribution is 0.513. The number of halogens is 1. The van der Waals surface area contributed by atoms with Gasteiger partial charge in [-0.15, -0.1) is 0 Å². The predicted molar refractivity (Wildman–Crippen MR) is 143 cm³/mol. The Morgan fingerprint density at radius 1 is 0.727 bits per heavy atom. The lowest BCUT2D eigenvalue weighted by Gasteiger charge is -2.20. The highest BCUT2D eigenvalue weighted by molar-refractivity contribution is 7.99. The summed E-state index contributed by atoms with van der Waals surface area (Å²) in [6, 6.07) is 32.2. The van der Waals surface area contributed by atoms with Gasteiger partial charge in [-0.3, -0.25) is 0 Å². The molecule has 0 bridgehead atoms. The Labute approximate surface area is 204 Å². The van der Waals surface area contributed by atoms with E-state index in [4.69, 9.17) is 11.6 Å². The van der Waals surface area contributed by atoms with Crippen molar-refractivity contribution in [1.82, 2.24) is 0 Å². The molecule has 2 nitrogen and oxygen atoms in total.